The molecule has 2 aromatic carbocycles. The summed E-state index contributed by atoms with van der Waals surface area (Å²) >= 11 is 0. The number of carbonyl (C=O) groups is 7. The second-order valence-electron chi connectivity index (χ2n) is 19.9. The van der Waals surface area contributed by atoms with E-state index >= 15 is 0 Å². The number of aromatic nitrogens is 3. The van der Waals surface area contributed by atoms with Crippen LogP contribution in [-0.2, 0) is 49.3 Å². The maximum Gasteiger partial charge on any atom is 0.416 e. The number of aliphatic hydroxyl groups excluding tert-OH is 4. The zero-order chi connectivity index (χ0) is 60.2. The van der Waals surface area contributed by atoms with Crippen molar-refractivity contribution in [2.75, 3.05) is 89.3 Å². The molecule has 7 atom stereocenters. The lowest BCUT2D eigenvalue weighted by molar-refractivity contribution is -0.271. The summed E-state index contributed by atoms with van der Waals surface area (Å²) in [5.41, 5.74) is 1.04. The Hall–Kier alpha value is -8.20. The number of hydrogen-bond donors (Lipinski definition) is 10. The van der Waals surface area contributed by atoms with Gasteiger partial charge in [0.1, 0.15) is 36.4 Å². The van der Waals surface area contributed by atoms with Crippen LogP contribution in [0.5, 0.6) is 17.2 Å². The van der Waals surface area contributed by atoms with Crippen molar-refractivity contribution in [3.05, 3.63) is 89.2 Å². The molecule has 0 radical (unpaired) electrons. The summed E-state index contributed by atoms with van der Waals surface area (Å²) in [4.78, 5) is 106. The maximum absolute atomic E-state index is 14.4. The number of anilines is 3. The number of fused-ring (bicyclic) bond motifs is 2. The van der Waals surface area contributed by atoms with E-state index in [2.05, 4.69) is 37.7 Å². The molecule has 11 N–H and O–H groups in total. The molecule has 6 amide bonds. The summed E-state index contributed by atoms with van der Waals surface area (Å²) in [6.07, 6.45) is -8.80. The SMILES string of the molecule is C=C1C[C@H]2C(O)N(C(=O)OCc3ccc(O[C@@H]4O[C@H](C(=O)O)[C@@H](O)[C@H](O)[C@H]4O)c(C(=O)NCCOCCON)c3)c3cc(OCCCC(=O)Nc4cn(C)c(C(=O)Nc5cc(C(=O)NCCCN(C)C)n(C)c5)n4)c(OC)cc3C(=O)N2C1. The van der Waals surface area contributed by atoms with Crippen molar-refractivity contribution in [2.24, 2.45) is 20.0 Å². The largest absolute Gasteiger partial charge is 0.493 e. The molecule has 30 nitrogen and oxygen atoms in total. The number of imidazole rings is 1. The number of nitrogens with zero attached hydrogens (tertiary/aromatic N) is 6. The summed E-state index contributed by atoms with van der Waals surface area (Å²) in [5.74, 6) is 0.530. The van der Waals surface area contributed by atoms with E-state index in [1.807, 2.05) is 19.0 Å². The summed E-state index contributed by atoms with van der Waals surface area (Å²) in [5, 5.41) is 63.7. The predicted molar refractivity (Wildman–Crippen MR) is 290 cm³/mol. The number of carboxylic acid groups (broad SMARTS) is 1. The Balaban J connectivity index is 1.02. The highest BCUT2D eigenvalue weighted by Gasteiger charge is 2.49. The van der Waals surface area contributed by atoms with Crippen molar-refractivity contribution in [3.8, 4) is 17.2 Å². The summed E-state index contributed by atoms with van der Waals surface area (Å²) in [6.45, 7) is 4.85. The summed E-state index contributed by atoms with van der Waals surface area (Å²) in [6, 6.07) is 7.07. The number of benzene rings is 2. The van der Waals surface area contributed by atoms with Gasteiger partial charge >= 0.3 is 12.1 Å². The molecule has 4 aromatic rings. The molecule has 2 aromatic heterocycles. The number of aryl methyl sites for hydroxylation is 2. The molecule has 3 aliphatic heterocycles. The smallest absolute Gasteiger partial charge is 0.416 e. The minimum atomic E-state index is -2.02. The molecule has 0 aliphatic carbocycles. The van der Waals surface area contributed by atoms with Gasteiger partial charge in [-0.25, -0.2) is 25.4 Å². The average Bonchev–Trinajstić information content (AvgIpc) is 2.57. The number of rotatable bonds is 26. The van der Waals surface area contributed by atoms with Crippen LogP contribution in [0.3, 0.4) is 0 Å². The molecule has 0 bridgehead atoms. The van der Waals surface area contributed by atoms with Gasteiger partial charge in [-0.15, -0.1) is 0 Å². The summed E-state index contributed by atoms with van der Waals surface area (Å²) in [7, 11) is 8.48. The number of carboxylic acids is 1. The molecule has 0 spiro atoms. The zero-order valence-corrected chi connectivity index (χ0v) is 46.3. The number of methoxy groups -OCH3 is 1. The number of aliphatic carboxylic acids is 1. The van der Waals surface area contributed by atoms with E-state index in [4.69, 9.17) is 34.3 Å². The van der Waals surface area contributed by atoms with Crippen LogP contribution in [0.4, 0.5) is 22.0 Å². The first-order valence-electron chi connectivity index (χ1n) is 26.2. The first-order chi connectivity index (χ1) is 39.6. The van der Waals surface area contributed by atoms with Crippen molar-refractivity contribution in [1.29, 1.82) is 0 Å². The van der Waals surface area contributed by atoms with Crippen molar-refractivity contribution in [3.63, 3.8) is 0 Å². The molecular formula is C53H69N11O19. The van der Waals surface area contributed by atoms with Crippen molar-refractivity contribution in [1.82, 2.24) is 34.6 Å². The quantitative estimate of drug-likeness (QED) is 0.0218. The molecule has 3 aliphatic rings. The molecule has 2 saturated heterocycles. The minimum Gasteiger partial charge on any atom is -0.493 e. The third kappa shape index (κ3) is 15.3. The number of nitrogens with two attached hydrogens (primary N) is 1. The Labute approximate surface area is 475 Å². The number of amides is 6. The first kappa shape index (κ1) is 62.4. The van der Waals surface area contributed by atoms with E-state index in [0.717, 1.165) is 17.9 Å². The lowest BCUT2D eigenvalue weighted by Crippen LogP contribution is -2.61. The molecular weight excluding hydrogens is 1090 g/mol. The van der Waals surface area contributed by atoms with E-state index in [0.29, 0.717) is 23.5 Å². The van der Waals surface area contributed by atoms with Crippen LogP contribution in [0.1, 0.15) is 73.1 Å². The third-order valence-electron chi connectivity index (χ3n) is 13.4. The van der Waals surface area contributed by atoms with Crippen LogP contribution in [0, 0.1) is 0 Å². The van der Waals surface area contributed by atoms with Crippen molar-refractivity contribution in [2.45, 2.75) is 75.3 Å². The monoisotopic (exact) mass is 1160 g/mol. The summed E-state index contributed by atoms with van der Waals surface area (Å²) < 4.78 is 36.8. The van der Waals surface area contributed by atoms with Gasteiger partial charge in [0.25, 0.3) is 23.6 Å². The van der Waals surface area contributed by atoms with Gasteiger partial charge in [0.05, 0.1) is 62.1 Å². The van der Waals surface area contributed by atoms with Crippen molar-refractivity contribution < 1.29 is 92.4 Å². The molecule has 1 unspecified atom stereocenters. The van der Waals surface area contributed by atoms with E-state index in [1.165, 1.54) is 53.1 Å². The highest BCUT2D eigenvalue weighted by molar-refractivity contribution is 6.06. The maximum atomic E-state index is 14.4. The van der Waals surface area contributed by atoms with Gasteiger partial charge in [0, 0.05) is 58.6 Å². The van der Waals surface area contributed by atoms with Gasteiger partial charge < -0.3 is 99.0 Å². The molecule has 2 fully saturated rings. The van der Waals surface area contributed by atoms with Gasteiger partial charge in [-0.05, 0) is 69.7 Å². The lowest BCUT2D eigenvalue weighted by atomic mass is 9.99. The predicted octanol–water partition coefficient (Wildman–Crippen LogP) is -0.348. The number of nitrogens with one attached hydrogen (secondary N) is 4. The highest BCUT2D eigenvalue weighted by Crippen LogP contribution is 2.42. The van der Waals surface area contributed by atoms with E-state index < -0.39 is 85.3 Å². The minimum absolute atomic E-state index is 0.0137. The number of hydrogen-bond acceptors (Lipinski definition) is 21. The van der Waals surface area contributed by atoms with Gasteiger partial charge in [0.2, 0.25) is 18.0 Å². The Morgan fingerprint density at radius 1 is 0.855 bits per heavy atom. The van der Waals surface area contributed by atoms with Crippen LogP contribution in [0.15, 0.2) is 60.9 Å². The molecule has 7 rings (SSSR count). The second kappa shape index (κ2) is 28.2. The molecule has 450 valence electrons. The number of aliphatic hydroxyl groups is 4. The first-order valence-corrected chi connectivity index (χ1v) is 26.2. The van der Waals surface area contributed by atoms with Crippen LogP contribution in [0.25, 0.3) is 0 Å². The van der Waals surface area contributed by atoms with Crippen LogP contribution in [0.2, 0.25) is 0 Å². The standard InChI is InChI=1S/C53H69N11O19/c1-28-19-35-50(73)64(53(76)80-27-29-10-11-36(32(20-29)46(69)56-13-16-78-17-18-81-54)82-52-43(68)41(66)42(67)44(83-52)51(74)75)33-23-38(37(77-6)22-31(33)49(72)63(35)24-28)79-15-7-9-40(65)58-39-26-62(5)45(59-39)48(71)57-30-21-34(61(4)25-30)47(70)55-12-8-14-60(2)3/h10-11,20-23,25-26,35,41-44,50,52,66-68,73H,1,7-9,12-19,24,27,54H2,2-6H3,(H,55,70)(H,56,69)(H,57,71)(H,58,65)(H,74,75)/t35-,41-,42-,43+,44-,50?,52+/m0/s1. The molecule has 0 saturated carbocycles. The third-order valence-corrected chi connectivity index (χ3v) is 13.4. The Morgan fingerprint density at radius 2 is 1.61 bits per heavy atom. The van der Waals surface area contributed by atoms with Gasteiger partial charge in [-0.1, -0.05) is 18.2 Å². The highest BCUT2D eigenvalue weighted by atomic mass is 16.7. The zero-order valence-electron chi connectivity index (χ0n) is 46.3. The van der Waals surface area contributed by atoms with E-state index in [1.54, 1.807) is 30.9 Å². The number of ether oxygens (including phenoxy) is 6. The van der Waals surface area contributed by atoms with Crippen molar-refractivity contribution >= 4 is 58.8 Å². The van der Waals surface area contributed by atoms with Crippen LogP contribution < -0.4 is 46.3 Å². The van der Waals surface area contributed by atoms with E-state index in [-0.39, 0.29) is 116 Å². The normalized spacial score (nSPS) is 20.3. The fourth-order valence-electron chi connectivity index (χ4n) is 9.25. The van der Waals surface area contributed by atoms with Crippen LogP contribution >= 0.6 is 0 Å². The second-order valence-corrected chi connectivity index (χ2v) is 19.9. The molecule has 83 heavy (non-hydrogen) atoms. The fraction of sp³-hybridized carbons (Fsp3) is 0.472. The average molecular weight is 1160 g/mol. The molecule has 30 heteroatoms. The molecule has 5 heterocycles. The van der Waals surface area contributed by atoms with Crippen LogP contribution in [-0.4, -0.2) is 208 Å². The topological polar surface area (TPSA) is 392 Å². The van der Waals surface area contributed by atoms with E-state index in [9.17, 15) is 59.1 Å². The van der Waals surface area contributed by atoms with Gasteiger partial charge in [0.15, 0.2) is 29.6 Å². The van der Waals surface area contributed by atoms with Gasteiger partial charge in [-0.3, -0.25) is 24.0 Å². The Kier molecular flexibility index (Phi) is 21.2. The van der Waals surface area contributed by atoms with Gasteiger partial charge in [-0.2, -0.15) is 0 Å². The Morgan fingerprint density at radius 3 is 2.34 bits per heavy atom. The fourth-order valence-corrected chi connectivity index (χ4v) is 9.25. The number of carbonyl (C=O) groups excluding carboxylic acids is 6. The lowest BCUT2D eigenvalue weighted by Gasteiger charge is -2.38. The Bertz CT molecular complexity index is 3040.